The lowest BCUT2D eigenvalue weighted by molar-refractivity contribution is 0.669. The van der Waals surface area contributed by atoms with Gasteiger partial charge in [0, 0.05) is 55.2 Å². The Kier molecular flexibility index (Phi) is 5.89. The van der Waals surface area contributed by atoms with Gasteiger partial charge in [0.05, 0.1) is 33.5 Å². The molecule has 4 heterocycles. The number of aromatic nitrogens is 4. The van der Waals surface area contributed by atoms with Crippen molar-refractivity contribution in [3.63, 3.8) is 0 Å². The van der Waals surface area contributed by atoms with Crippen molar-refractivity contribution < 1.29 is 4.42 Å². The lowest BCUT2D eigenvalue weighted by Crippen LogP contribution is -2.04. The molecule has 5 nitrogen and oxygen atoms in total. The van der Waals surface area contributed by atoms with Crippen molar-refractivity contribution in [3.8, 4) is 34.2 Å². The smallest absolute Gasteiger partial charge is 0.235 e. The molecule has 4 aromatic heterocycles. The average molecular weight is 653 g/mol. The number of furan rings is 1. The first kappa shape index (κ1) is 27.9. The number of nitrogens with zero attached hydrogens (tertiary/aromatic N) is 4. The Labute approximate surface area is 292 Å². The minimum Gasteiger partial charge on any atom is -0.456 e. The second kappa shape index (κ2) is 10.8. The molecule has 0 fully saturated rings. The Hall–Kier alpha value is -6.98. The molecule has 0 unspecified atom stereocenters. The first-order chi connectivity index (χ1) is 25.3. The first-order valence-electron chi connectivity index (χ1n) is 17.2. The Morgan fingerprint density at radius 1 is 0.353 bits per heavy atom. The highest BCUT2D eigenvalue weighted by Gasteiger charge is 2.22. The zero-order valence-corrected chi connectivity index (χ0v) is 27.4. The molecule has 0 bridgehead atoms. The van der Waals surface area contributed by atoms with Crippen LogP contribution in [0.15, 0.2) is 174 Å². The molecule has 0 spiro atoms. The lowest BCUT2D eigenvalue weighted by atomic mass is 10.1. The fourth-order valence-electron chi connectivity index (χ4n) is 7.81. The molecule has 0 aliphatic heterocycles. The summed E-state index contributed by atoms with van der Waals surface area (Å²) in [5.74, 6) is 0.635. The summed E-state index contributed by atoms with van der Waals surface area (Å²) in [6.07, 6.45) is 0. The van der Waals surface area contributed by atoms with Gasteiger partial charge in [0.15, 0.2) is 0 Å². The Morgan fingerprint density at radius 2 is 0.882 bits per heavy atom. The summed E-state index contributed by atoms with van der Waals surface area (Å²) in [4.78, 5) is 10.5. The second-order valence-corrected chi connectivity index (χ2v) is 13.0. The first-order valence-corrected chi connectivity index (χ1v) is 17.2. The Morgan fingerprint density at radius 3 is 1.59 bits per heavy atom. The third kappa shape index (κ3) is 4.22. The van der Waals surface area contributed by atoms with Crippen LogP contribution >= 0.6 is 0 Å². The van der Waals surface area contributed by atoms with Crippen molar-refractivity contribution in [2.45, 2.75) is 0 Å². The molecule has 5 heteroatoms. The van der Waals surface area contributed by atoms with Crippen molar-refractivity contribution >= 4 is 65.6 Å². The number of hydrogen-bond acceptors (Lipinski definition) is 3. The molecule has 0 amide bonds. The van der Waals surface area contributed by atoms with Crippen LogP contribution in [0, 0.1) is 0 Å². The van der Waals surface area contributed by atoms with Crippen LogP contribution in [0.2, 0.25) is 0 Å². The molecule has 0 aliphatic carbocycles. The van der Waals surface area contributed by atoms with Crippen molar-refractivity contribution in [3.05, 3.63) is 170 Å². The average Bonchev–Trinajstić information content (AvgIpc) is 3.83. The molecular formula is C46H28N4O. The van der Waals surface area contributed by atoms with Crippen molar-refractivity contribution in [2.75, 3.05) is 0 Å². The highest BCUT2D eigenvalue weighted by atomic mass is 16.3. The third-order valence-corrected chi connectivity index (χ3v) is 10.1. The molecule has 0 atom stereocenters. The van der Waals surface area contributed by atoms with E-state index in [1.807, 2.05) is 24.3 Å². The zero-order chi connectivity index (χ0) is 33.5. The van der Waals surface area contributed by atoms with Gasteiger partial charge in [-0.15, -0.1) is 0 Å². The Bertz CT molecular complexity index is 3060. The van der Waals surface area contributed by atoms with Crippen LogP contribution in [0.1, 0.15) is 0 Å². The van der Waals surface area contributed by atoms with Gasteiger partial charge in [-0.3, -0.25) is 4.57 Å². The lowest BCUT2D eigenvalue weighted by Gasteiger charge is -2.12. The summed E-state index contributed by atoms with van der Waals surface area (Å²) >= 11 is 0. The van der Waals surface area contributed by atoms with Crippen LogP contribution in [0.25, 0.3) is 99.7 Å². The van der Waals surface area contributed by atoms with Gasteiger partial charge in [-0.25, -0.2) is 9.97 Å². The van der Waals surface area contributed by atoms with Crippen LogP contribution in [0.4, 0.5) is 0 Å². The maximum absolute atomic E-state index is 6.41. The molecule has 0 N–H and O–H groups in total. The number of fused-ring (bicyclic) bond motifs is 9. The van der Waals surface area contributed by atoms with E-state index in [1.54, 1.807) is 0 Å². The standard InChI is InChI=1S/C46H28N4O/c1-4-14-29(15-5-1)38-27-39(30-16-6-2-7-17-30)48-46(47-38)50-40-22-12-10-20-32(40)35-25-41-36(26-42(35)50)34-24-37-33-21-11-13-23-44(33)51-45(37)28-43(34)49(41)31-18-8-3-9-19-31/h1-28H. The summed E-state index contributed by atoms with van der Waals surface area (Å²) in [6, 6.07) is 59.4. The highest BCUT2D eigenvalue weighted by Crippen LogP contribution is 2.42. The van der Waals surface area contributed by atoms with E-state index in [9.17, 15) is 0 Å². The summed E-state index contributed by atoms with van der Waals surface area (Å²) in [5, 5.41) is 6.83. The van der Waals surface area contributed by atoms with Gasteiger partial charge in [0.25, 0.3) is 0 Å². The van der Waals surface area contributed by atoms with Crippen LogP contribution < -0.4 is 0 Å². The molecular weight excluding hydrogens is 625 g/mol. The molecule has 0 radical (unpaired) electrons. The highest BCUT2D eigenvalue weighted by molar-refractivity contribution is 6.22. The third-order valence-electron chi connectivity index (χ3n) is 10.1. The Balaban J connectivity index is 1.27. The van der Waals surface area contributed by atoms with Crippen molar-refractivity contribution in [2.24, 2.45) is 0 Å². The van der Waals surface area contributed by atoms with Gasteiger partial charge >= 0.3 is 0 Å². The van der Waals surface area contributed by atoms with Gasteiger partial charge < -0.3 is 8.98 Å². The van der Waals surface area contributed by atoms with Gasteiger partial charge in [-0.05, 0) is 48.5 Å². The fraction of sp³-hybridized carbons (Fsp3) is 0. The van der Waals surface area contributed by atoms with Gasteiger partial charge in [-0.2, -0.15) is 0 Å². The van der Waals surface area contributed by atoms with E-state index in [0.29, 0.717) is 5.95 Å². The number of para-hydroxylation sites is 3. The molecule has 0 saturated carbocycles. The quantitative estimate of drug-likeness (QED) is 0.190. The van der Waals surface area contributed by atoms with Gasteiger partial charge in [0.1, 0.15) is 11.2 Å². The molecule has 11 rings (SSSR count). The van der Waals surface area contributed by atoms with E-state index in [-0.39, 0.29) is 0 Å². The molecule has 7 aromatic carbocycles. The van der Waals surface area contributed by atoms with E-state index in [0.717, 1.165) is 93.8 Å². The predicted octanol–water partition coefficient (Wildman–Crippen LogP) is 11.9. The van der Waals surface area contributed by atoms with Gasteiger partial charge in [-0.1, -0.05) is 115 Å². The summed E-state index contributed by atoms with van der Waals surface area (Å²) in [5.41, 5.74) is 11.1. The maximum atomic E-state index is 6.41. The van der Waals surface area contributed by atoms with Crippen LogP contribution in [-0.4, -0.2) is 19.1 Å². The van der Waals surface area contributed by atoms with E-state index in [2.05, 4.69) is 155 Å². The predicted molar refractivity (Wildman–Crippen MR) is 209 cm³/mol. The summed E-state index contributed by atoms with van der Waals surface area (Å²) < 4.78 is 11.0. The monoisotopic (exact) mass is 652 g/mol. The summed E-state index contributed by atoms with van der Waals surface area (Å²) in [7, 11) is 0. The minimum atomic E-state index is 0.635. The van der Waals surface area contributed by atoms with Crippen LogP contribution in [0.5, 0.6) is 0 Å². The van der Waals surface area contributed by atoms with Crippen LogP contribution in [0.3, 0.4) is 0 Å². The van der Waals surface area contributed by atoms with E-state index < -0.39 is 0 Å². The topological polar surface area (TPSA) is 48.8 Å². The van der Waals surface area contributed by atoms with Crippen molar-refractivity contribution in [1.29, 1.82) is 0 Å². The molecule has 0 saturated heterocycles. The minimum absolute atomic E-state index is 0.635. The zero-order valence-electron chi connectivity index (χ0n) is 27.4. The van der Waals surface area contributed by atoms with E-state index in [4.69, 9.17) is 14.4 Å². The normalized spacial score (nSPS) is 11.9. The fourth-order valence-corrected chi connectivity index (χ4v) is 7.81. The largest absolute Gasteiger partial charge is 0.456 e. The number of benzene rings is 7. The molecule has 51 heavy (non-hydrogen) atoms. The molecule has 11 aromatic rings. The van der Waals surface area contributed by atoms with Gasteiger partial charge in [0.2, 0.25) is 5.95 Å². The second-order valence-electron chi connectivity index (χ2n) is 13.0. The SMILES string of the molecule is c1ccc(-c2cc(-c3ccccc3)nc(-n3c4ccccc4c4cc5c(cc43)c3cc4c(cc3n5-c3ccccc3)oc3ccccc34)n2)cc1. The molecule has 0 aliphatic rings. The maximum Gasteiger partial charge on any atom is 0.235 e. The van der Waals surface area contributed by atoms with E-state index >= 15 is 0 Å². The van der Waals surface area contributed by atoms with E-state index in [1.165, 1.54) is 0 Å². The molecule has 238 valence electrons. The van der Waals surface area contributed by atoms with Crippen LogP contribution in [-0.2, 0) is 0 Å². The number of hydrogen-bond donors (Lipinski definition) is 0. The number of rotatable bonds is 4. The summed E-state index contributed by atoms with van der Waals surface area (Å²) in [6.45, 7) is 0. The van der Waals surface area contributed by atoms with Crippen molar-refractivity contribution in [1.82, 2.24) is 19.1 Å².